The van der Waals surface area contributed by atoms with Crippen LogP contribution in [0.3, 0.4) is 0 Å². The Morgan fingerprint density at radius 2 is 2.04 bits per heavy atom. The van der Waals surface area contributed by atoms with E-state index in [1.54, 1.807) is 7.11 Å². The van der Waals surface area contributed by atoms with Gasteiger partial charge < -0.3 is 14.6 Å². The Kier molecular flexibility index (Phi) is 6.25. The average molecular weight is 414 g/mol. The summed E-state index contributed by atoms with van der Waals surface area (Å²) in [6.45, 7) is 0.214. The van der Waals surface area contributed by atoms with Crippen LogP contribution < -0.4 is 10.2 Å². The minimum Gasteiger partial charge on any atom is -0.497 e. The third-order valence-corrected chi connectivity index (χ3v) is 8.04. The molecular weight excluding hydrogens is 388 g/mol. The molecule has 1 amide bonds. The lowest BCUT2D eigenvalue weighted by atomic mass is 9.90. The first-order valence-corrected chi connectivity index (χ1v) is 10.7. The van der Waals surface area contributed by atoms with Crippen LogP contribution in [-0.2, 0) is 19.6 Å². The zero-order chi connectivity index (χ0) is 20.4. The molecule has 2 atom stereocenters. The number of rotatable bonds is 5. The molecule has 2 aliphatic rings. The van der Waals surface area contributed by atoms with E-state index >= 15 is 0 Å². The van der Waals surface area contributed by atoms with Crippen LogP contribution in [0.25, 0.3) is 0 Å². The van der Waals surface area contributed by atoms with E-state index in [9.17, 15) is 18.3 Å². The number of methoxy groups -OCH3 is 1. The number of benzene rings is 1. The number of ether oxygens (including phenoxy) is 2. The number of piperidine rings is 1. The Bertz CT molecular complexity index is 808. The average Bonchev–Trinajstić information content (AvgIpc) is 2.73. The minimum atomic E-state index is -3.96. The lowest BCUT2D eigenvalue weighted by Gasteiger charge is -2.41. The fourth-order valence-electron chi connectivity index (χ4n) is 3.97. The van der Waals surface area contributed by atoms with Gasteiger partial charge in [0.2, 0.25) is 10.0 Å². The molecule has 2 heterocycles. The molecule has 2 fully saturated rings. The summed E-state index contributed by atoms with van der Waals surface area (Å²) in [5.41, 5.74) is 0.128. The van der Waals surface area contributed by atoms with E-state index < -0.39 is 33.4 Å². The highest BCUT2D eigenvalue weighted by molar-refractivity contribution is 7.89. The molecule has 10 heteroatoms. The topological polar surface area (TPSA) is 125 Å². The standard InChI is InChI=1S/C18H26N2O7S/c1-26-15-4-2-3-14(11-15)13-5-8-20(9-6-13)28(24,25)16-7-10-27-12-18(16,22)17(21)19-23/h2-4,11,13,16,22-23H,5-10,12H2,1H3,(H,19,21). The smallest absolute Gasteiger partial charge is 0.279 e. The summed E-state index contributed by atoms with van der Waals surface area (Å²) >= 11 is 0. The van der Waals surface area contributed by atoms with Crippen LogP contribution in [0.4, 0.5) is 0 Å². The van der Waals surface area contributed by atoms with E-state index in [0.29, 0.717) is 25.9 Å². The van der Waals surface area contributed by atoms with Gasteiger partial charge >= 0.3 is 0 Å². The summed E-state index contributed by atoms with van der Waals surface area (Å²) in [5, 5.41) is 18.2. The van der Waals surface area contributed by atoms with Gasteiger partial charge in [-0.25, -0.2) is 18.2 Å². The molecule has 3 N–H and O–H groups in total. The van der Waals surface area contributed by atoms with E-state index in [1.807, 2.05) is 24.3 Å². The quantitative estimate of drug-likeness (QED) is 0.465. The van der Waals surface area contributed by atoms with Crippen molar-refractivity contribution in [3.63, 3.8) is 0 Å². The number of sulfonamides is 1. The maximum Gasteiger partial charge on any atom is 0.279 e. The first kappa shape index (κ1) is 21.0. The summed E-state index contributed by atoms with van der Waals surface area (Å²) in [5.74, 6) is -0.210. The molecule has 9 nitrogen and oxygen atoms in total. The van der Waals surface area contributed by atoms with Crippen molar-refractivity contribution in [2.45, 2.75) is 36.0 Å². The van der Waals surface area contributed by atoms with Gasteiger partial charge in [0.25, 0.3) is 5.91 Å². The lowest BCUT2D eigenvalue weighted by molar-refractivity contribution is -0.161. The molecule has 0 saturated carbocycles. The van der Waals surface area contributed by atoms with Crippen molar-refractivity contribution < 1.29 is 33.0 Å². The Balaban J connectivity index is 1.74. The summed E-state index contributed by atoms with van der Waals surface area (Å²) in [6, 6.07) is 7.73. The molecule has 2 aliphatic heterocycles. The molecule has 3 rings (SSSR count). The number of aliphatic hydroxyl groups is 1. The predicted octanol–water partition coefficient (Wildman–Crippen LogP) is 0.230. The highest BCUT2D eigenvalue weighted by Gasteiger charge is 2.54. The van der Waals surface area contributed by atoms with Gasteiger partial charge in [-0.15, -0.1) is 0 Å². The van der Waals surface area contributed by atoms with Gasteiger partial charge in [0.05, 0.1) is 13.7 Å². The van der Waals surface area contributed by atoms with Gasteiger partial charge in [0.1, 0.15) is 11.0 Å². The van der Waals surface area contributed by atoms with Crippen LogP contribution in [0.5, 0.6) is 5.75 Å². The van der Waals surface area contributed by atoms with Crippen LogP contribution in [0.2, 0.25) is 0 Å². The SMILES string of the molecule is COc1cccc(C2CCN(S(=O)(=O)C3CCOCC3(O)C(=O)NO)CC2)c1. The molecule has 0 aliphatic carbocycles. The Labute approximate surface area is 164 Å². The molecule has 2 unspecified atom stereocenters. The van der Waals surface area contributed by atoms with Crippen molar-refractivity contribution >= 4 is 15.9 Å². The van der Waals surface area contributed by atoms with Crippen molar-refractivity contribution in [2.75, 3.05) is 33.4 Å². The minimum absolute atomic E-state index is 0.0257. The van der Waals surface area contributed by atoms with Crippen molar-refractivity contribution in [3.8, 4) is 5.75 Å². The van der Waals surface area contributed by atoms with E-state index in [4.69, 9.17) is 14.7 Å². The third-order valence-electron chi connectivity index (χ3n) is 5.61. The van der Waals surface area contributed by atoms with E-state index in [2.05, 4.69) is 0 Å². The van der Waals surface area contributed by atoms with Gasteiger partial charge in [-0.3, -0.25) is 10.0 Å². The molecular formula is C18H26N2O7S. The number of nitrogens with one attached hydrogen (secondary N) is 1. The van der Waals surface area contributed by atoms with Crippen molar-refractivity contribution in [3.05, 3.63) is 29.8 Å². The number of hydrogen-bond donors (Lipinski definition) is 3. The molecule has 28 heavy (non-hydrogen) atoms. The molecule has 0 spiro atoms. The van der Waals surface area contributed by atoms with E-state index in [0.717, 1.165) is 11.3 Å². The number of amides is 1. The normalized spacial score (nSPS) is 27.3. The highest BCUT2D eigenvalue weighted by Crippen LogP contribution is 2.34. The second-order valence-corrected chi connectivity index (χ2v) is 9.31. The molecule has 156 valence electrons. The maximum absolute atomic E-state index is 13.1. The van der Waals surface area contributed by atoms with Crippen molar-refractivity contribution in [1.29, 1.82) is 0 Å². The zero-order valence-corrected chi connectivity index (χ0v) is 16.5. The predicted molar refractivity (Wildman–Crippen MR) is 99.6 cm³/mol. The van der Waals surface area contributed by atoms with E-state index in [1.165, 1.54) is 9.79 Å². The fourth-order valence-corrected chi connectivity index (χ4v) is 6.11. The van der Waals surface area contributed by atoms with Gasteiger partial charge in [-0.05, 0) is 42.9 Å². The van der Waals surface area contributed by atoms with Crippen LogP contribution in [0.15, 0.2) is 24.3 Å². The largest absolute Gasteiger partial charge is 0.497 e. The summed E-state index contributed by atoms with van der Waals surface area (Å²) in [6.07, 6.45) is 1.22. The second kappa shape index (κ2) is 8.34. The van der Waals surface area contributed by atoms with Crippen LogP contribution >= 0.6 is 0 Å². The number of hydrogen-bond acceptors (Lipinski definition) is 7. The van der Waals surface area contributed by atoms with Gasteiger partial charge in [0.15, 0.2) is 5.60 Å². The first-order chi connectivity index (χ1) is 13.3. The molecule has 1 aromatic carbocycles. The molecule has 2 saturated heterocycles. The summed E-state index contributed by atoms with van der Waals surface area (Å²) in [7, 11) is -2.36. The third kappa shape index (κ3) is 3.87. The number of carbonyl (C=O) groups excluding carboxylic acids is 1. The lowest BCUT2D eigenvalue weighted by Crippen LogP contribution is -2.64. The van der Waals surface area contributed by atoms with Gasteiger partial charge in [-0.1, -0.05) is 12.1 Å². The molecule has 1 aromatic rings. The van der Waals surface area contributed by atoms with Gasteiger partial charge in [-0.2, -0.15) is 0 Å². The zero-order valence-electron chi connectivity index (χ0n) is 15.7. The molecule has 0 aromatic heterocycles. The summed E-state index contributed by atoms with van der Waals surface area (Å²) < 4.78 is 38.0. The Hall–Kier alpha value is -1.72. The first-order valence-electron chi connectivity index (χ1n) is 9.20. The number of carbonyl (C=O) groups is 1. The number of nitrogens with zero attached hydrogens (tertiary/aromatic N) is 1. The molecule has 0 bridgehead atoms. The maximum atomic E-state index is 13.1. The van der Waals surface area contributed by atoms with Gasteiger partial charge in [0, 0.05) is 19.7 Å². The van der Waals surface area contributed by atoms with E-state index in [-0.39, 0.29) is 18.9 Å². The van der Waals surface area contributed by atoms with Crippen molar-refractivity contribution in [2.24, 2.45) is 0 Å². The molecule has 0 radical (unpaired) electrons. The Morgan fingerprint density at radius 1 is 1.32 bits per heavy atom. The van der Waals surface area contributed by atoms with Crippen LogP contribution in [0, 0.1) is 0 Å². The second-order valence-electron chi connectivity index (χ2n) is 7.19. The monoisotopic (exact) mass is 414 g/mol. The Morgan fingerprint density at radius 3 is 2.68 bits per heavy atom. The summed E-state index contributed by atoms with van der Waals surface area (Å²) in [4.78, 5) is 11.9. The fraction of sp³-hybridized carbons (Fsp3) is 0.611. The van der Waals surface area contributed by atoms with Crippen LogP contribution in [0.1, 0.15) is 30.7 Å². The van der Waals surface area contributed by atoms with Crippen molar-refractivity contribution in [1.82, 2.24) is 9.79 Å². The highest BCUT2D eigenvalue weighted by atomic mass is 32.2. The van der Waals surface area contributed by atoms with Crippen LogP contribution in [-0.4, -0.2) is 73.2 Å². The number of hydroxylamine groups is 1.